The number of unbranched alkanes of at least 4 members (excludes halogenated alkanes) is 8. The monoisotopic (exact) mass is 256 g/mol. The number of carboxylic acids is 1. The Labute approximate surface area is 111 Å². The van der Waals surface area contributed by atoms with Gasteiger partial charge < -0.3 is 10.2 Å². The van der Waals surface area contributed by atoms with Gasteiger partial charge in [-0.1, -0.05) is 51.0 Å². The molecule has 0 radical (unpaired) electrons. The number of aliphatic hydroxyl groups is 1. The van der Waals surface area contributed by atoms with Gasteiger partial charge in [-0.3, -0.25) is 4.79 Å². The number of aliphatic carboxylic acids is 1. The van der Waals surface area contributed by atoms with Crippen molar-refractivity contribution >= 4 is 5.97 Å². The molecule has 0 aliphatic heterocycles. The Bertz CT molecular complexity index is 214. The van der Waals surface area contributed by atoms with E-state index in [1.54, 1.807) is 0 Å². The van der Waals surface area contributed by atoms with Gasteiger partial charge in [0.15, 0.2) is 0 Å². The van der Waals surface area contributed by atoms with Crippen LogP contribution in [0, 0.1) is 0 Å². The molecule has 0 fully saturated rings. The first kappa shape index (κ1) is 17.2. The Kier molecular flexibility index (Phi) is 12.0. The SMILES string of the molecule is C=CCCCCCCCCCCC(O)CC(=O)O. The number of aliphatic hydroxyl groups excluding tert-OH is 1. The normalized spacial score (nSPS) is 12.3. The van der Waals surface area contributed by atoms with Crippen LogP contribution in [0.5, 0.6) is 0 Å². The lowest BCUT2D eigenvalue weighted by Gasteiger charge is -2.07. The van der Waals surface area contributed by atoms with E-state index in [-0.39, 0.29) is 6.42 Å². The van der Waals surface area contributed by atoms with E-state index in [4.69, 9.17) is 5.11 Å². The molecule has 3 heteroatoms. The van der Waals surface area contributed by atoms with E-state index in [2.05, 4.69) is 6.58 Å². The smallest absolute Gasteiger partial charge is 0.305 e. The number of rotatable bonds is 13. The second-order valence-corrected chi connectivity index (χ2v) is 4.95. The molecular weight excluding hydrogens is 228 g/mol. The van der Waals surface area contributed by atoms with Crippen LogP contribution in [-0.4, -0.2) is 22.3 Å². The Morgan fingerprint density at radius 3 is 2.00 bits per heavy atom. The fraction of sp³-hybridized carbons (Fsp3) is 0.800. The van der Waals surface area contributed by atoms with Crippen LogP contribution in [0.15, 0.2) is 12.7 Å². The van der Waals surface area contributed by atoms with Crippen molar-refractivity contribution in [1.29, 1.82) is 0 Å². The molecular formula is C15H28O3. The van der Waals surface area contributed by atoms with E-state index in [0.717, 1.165) is 19.3 Å². The fourth-order valence-corrected chi connectivity index (χ4v) is 2.03. The van der Waals surface area contributed by atoms with Crippen molar-refractivity contribution in [2.75, 3.05) is 0 Å². The molecule has 18 heavy (non-hydrogen) atoms. The third-order valence-electron chi connectivity index (χ3n) is 3.11. The second-order valence-electron chi connectivity index (χ2n) is 4.95. The lowest BCUT2D eigenvalue weighted by Crippen LogP contribution is -2.12. The minimum Gasteiger partial charge on any atom is -0.481 e. The van der Waals surface area contributed by atoms with Gasteiger partial charge >= 0.3 is 5.97 Å². The van der Waals surface area contributed by atoms with Gasteiger partial charge in [0.25, 0.3) is 0 Å². The molecule has 0 saturated heterocycles. The minimum atomic E-state index is -0.915. The summed E-state index contributed by atoms with van der Waals surface area (Å²) in [5.41, 5.74) is 0. The lowest BCUT2D eigenvalue weighted by atomic mass is 10.0. The van der Waals surface area contributed by atoms with Crippen molar-refractivity contribution in [3.63, 3.8) is 0 Å². The molecule has 0 heterocycles. The molecule has 0 spiro atoms. The summed E-state index contributed by atoms with van der Waals surface area (Å²) >= 11 is 0. The summed E-state index contributed by atoms with van der Waals surface area (Å²) in [5, 5.41) is 17.8. The molecule has 1 unspecified atom stereocenters. The molecule has 0 aromatic heterocycles. The molecule has 3 nitrogen and oxygen atoms in total. The Morgan fingerprint density at radius 2 is 1.50 bits per heavy atom. The van der Waals surface area contributed by atoms with Gasteiger partial charge in [-0.15, -0.1) is 6.58 Å². The molecule has 2 N–H and O–H groups in total. The first-order valence-corrected chi connectivity index (χ1v) is 7.17. The molecule has 0 aromatic carbocycles. The highest BCUT2D eigenvalue weighted by Crippen LogP contribution is 2.12. The van der Waals surface area contributed by atoms with E-state index < -0.39 is 12.1 Å². The van der Waals surface area contributed by atoms with Crippen LogP contribution in [0.3, 0.4) is 0 Å². The summed E-state index contributed by atoms with van der Waals surface area (Å²) in [6.07, 6.45) is 12.6. The van der Waals surface area contributed by atoms with E-state index in [1.807, 2.05) is 6.08 Å². The fourth-order valence-electron chi connectivity index (χ4n) is 2.03. The minimum absolute atomic E-state index is 0.122. The van der Waals surface area contributed by atoms with Crippen LogP contribution in [0.1, 0.15) is 70.6 Å². The van der Waals surface area contributed by atoms with Crippen molar-refractivity contribution in [2.24, 2.45) is 0 Å². The number of hydrogen-bond acceptors (Lipinski definition) is 2. The number of hydrogen-bond donors (Lipinski definition) is 2. The van der Waals surface area contributed by atoms with Crippen molar-refractivity contribution < 1.29 is 15.0 Å². The predicted octanol–water partition coefficient (Wildman–Crippen LogP) is 3.91. The first-order valence-electron chi connectivity index (χ1n) is 7.17. The number of carboxylic acid groups (broad SMARTS) is 1. The van der Waals surface area contributed by atoms with Gasteiger partial charge in [0.2, 0.25) is 0 Å². The summed E-state index contributed by atoms with van der Waals surface area (Å²) in [4.78, 5) is 10.3. The van der Waals surface area contributed by atoms with Gasteiger partial charge in [0.1, 0.15) is 0 Å². The van der Waals surface area contributed by atoms with E-state index >= 15 is 0 Å². The van der Waals surface area contributed by atoms with Crippen molar-refractivity contribution in [2.45, 2.75) is 76.7 Å². The quantitative estimate of drug-likeness (QED) is 0.388. The Morgan fingerprint density at radius 1 is 1.00 bits per heavy atom. The van der Waals surface area contributed by atoms with Crippen LogP contribution in [-0.2, 0) is 4.79 Å². The third-order valence-corrected chi connectivity index (χ3v) is 3.11. The Balaban J connectivity index is 3.11. The zero-order valence-corrected chi connectivity index (χ0v) is 11.4. The summed E-state index contributed by atoms with van der Waals surface area (Å²) < 4.78 is 0. The summed E-state index contributed by atoms with van der Waals surface area (Å²) in [6, 6.07) is 0. The Hall–Kier alpha value is -0.830. The molecule has 0 amide bonds. The average Bonchev–Trinajstić information content (AvgIpc) is 2.30. The van der Waals surface area contributed by atoms with Crippen LogP contribution in [0.25, 0.3) is 0 Å². The average molecular weight is 256 g/mol. The second kappa shape index (κ2) is 12.6. The maximum atomic E-state index is 10.3. The van der Waals surface area contributed by atoms with Crippen LogP contribution < -0.4 is 0 Å². The van der Waals surface area contributed by atoms with Crippen molar-refractivity contribution in [3.8, 4) is 0 Å². The van der Waals surface area contributed by atoms with E-state index in [0.29, 0.717) is 6.42 Å². The molecule has 0 aliphatic rings. The highest BCUT2D eigenvalue weighted by molar-refractivity contribution is 5.67. The standard InChI is InChI=1S/C15H28O3/c1-2-3-4-5-6-7-8-9-10-11-12-14(16)13-15(17)18/h2,14,16H,1,3-13H2,(H,17,18). The summed E-state index contributed by atoms with van der Waals surface area (Å²) in [6.45, 7) is 3.70. The summed E-state index contributed by atoms with van der Waals surface area (Å²) in [7, 11) is 0. The first-order chi connectivity index (χ1) is 8.66. The molecule has 0 aliphatic carbocycles. The summed E-state index contributed by atoms with van der Waals surface area (Å²) in [5.74, 6) is -0.915. The van der Waals surface area contributed by atoms with Gasteiger partial charge in [-0.25, -0.2) is 0 Å². The molecule has 106 valence electrons. The highest BCUT2D eigenvalue weighted by Gasteiger charge is 2.08. The molecule has 0 bridgehead atoms. The number of carbonyl (C=O) groups is 1. The van der Waals surface area contributed by atoms with E-state index in [9.17, 15) is 9.90 Å². The van der Waals surface area contributed by atoms with Gasteiger partial charge in [0.05, 0.1) is 12.5 Å². The highest BCUT2D eigenvalue weighted by atomic mass is 16.4. The number of allylic oxidation sites excluding steroid dienone is 1. The van der Waals surface area contributed by atoms with Crippen LogP contribution in [0.2, 0.25) is 0 Å². The zero-order valence-electron chi connectivity index (χ0n) is 11.4. The van der Waals surface area contributed by atoms with Crippen LogP contribution in [0.4, 0.5) is 0 Å². The van der Waals surface area contributed by atoms with Gasteiger partial charge in [-0.05, 0) is 19.3 Å². The predicted molar refractivity (Wildman–Crippen MR) is 74.6 cm³/mol. The van der Waals surface area contributed by atoms with Crippen molar-refractivity contribution in [3.05, 3.63) is 12.7 Å². The van der Waals surface area contributed by atoms with Crippen LogP contribution >= 0.6 is 0 Å². The van der Waals surface area contributed by atoms with Gasteiger partial charge in [-0.2, -0.15) is 0 Å². The zero-order chi connectivity index (χ0) is 13.6. The van der Waals surface area contributed by atoms with Gasteiger partial charge in [0, 0.05) is 0 Å². The topological polar surface area (TPSA) is 57.5 Å². The van der Waals surface area contributed by atoms with Crippen molar-refractivity contribution in [1.82, 2.24) is 0 Å². The molecule has 0 saturated carbocycles. The largest absolute Gasteiger partial charge is 0.481 e. The maximum absolute atomic E-state index is 10.3. The lowest BCUT2D eigenvalue weighted by molar-refractivity contribution is -0.139. The molecule has 1 atom stereocenters. The van der Waals surface area contributed by atoms with E-state index in [1.165, 1.54) is 38.5 Å². The maximum Gasteiger partial charge on any atom is 0.305 e. The molecule has 0 aromatic rings. The third kappa shape index (κ3) is 13.2. The molecule has 0 rings (SSSR count).